The number of aryl methyl sites for hydroxylation is 1. The van der Waals surface area contributed by atoms with Gasteiger partial charge >= 0.3 is 0 Å². The van der Waals surface area contributed by atoms with Crippen LogP contribution in [0.15, 0.2) is 42.7 Å². The molecule has 0 spiro atoms. The molecule has 3 heterocycles. The number of hydrogen-bond donors (Lipinski definition) is 1. The van der Waals surface area contributed by atoms with E-state index in [1.165, 1.54) is 5.56 Å². The highest BCUT2D eigenvalue weighted by molar-refractivity contribution is 5.75. The summed E-state index contributed by atoms with van der Waals surface area (Å²) in [5, 5.41) is 4.73. The molecule has 1 unspecified atom stereocenters. The molecule has 1 saturated heterocycles. The van der Waals surface area contributed by atoms with Crippen molar-refractivity contribution in [1.82, 2.24) is 14.6 Å². The number of aromatic nitrogens is 3. The fraction of sp³-hybridized carbons (Fsp3) is 0.368. The van der Waals surface area contributed by atoms with E-state index in [0.29, 0.717) is 0 Å². The van der Waals surface area contributed by atoms with Gasteiger partial charge in [0.2, 0.25) is 0 Å². The summed E-state index contributed by atoms with van der Waals surface area (Å²) in [4.78, 5) is 6.90. The molecule has 0 aliphatic carbocycles. The Morgan fingerprint density at radius 3 is 2.83 bits per heavy atom. The number of rotatable bonds is 3. The molecule has 1 fully saturated rings. The maximum atomic E-state index is 6.14. The van der Waals surface area contributed by atoms with Crippen molar-refractivity contribution in [3.63, 3.8) is 0 Å². The van der Waals surface area contributed by atoms with Crippen LogP contribution in [0.4, 0.5) is 5.82 Å². The van der Waals surface area contributed by atoms with Gasteiger partial charge in [0.1, 0.15) is 5.52 Å². The summed E-state index contributed by atoms with van der Waals surface area (Å²) < 4.78 is 1.92. The minimum atomic E-state index is 0.227. The van der Waals surface area contributed by atoms with Crippen LogP contribution in [0.3, 0.4) is 0 Å². The van der Waals surface area contributed by atoms with Crippen LogP contribution in [0.1, 0.15) is 25.3 Å². The molecule has 0 bridgehead atoms. The summed E-state index contributed by atoms with van der Waals surface area (Å²) >= 11 is 0. The Bertz CT molecular complexity index is 837. The first kappa shape index (κ1) is 15.1. The SMILES string of the molecule is CCc1ccc(-c2cc3c(N4CCCC(N)C4)nccn3n2)cc1. The summed E-state index contributed by atoms with van der Waals surface area (Å²) in [6.07, 6.45) is 6.98. The van der Waals surface area contributed by atoms with Gasteiger partial charge in [-0.25, -0.2) is 9.50 Å². The van der Waals surface area contributed by atoms with Crippen molar-refractivity contribution in [3.05, 3.63) is 48.3 Å². The van der Waals surface area contributed by atoms with E-state index in [1.54, 1.807) is 0 Å². The highest BCUT2D eigenvalue weighted by atomic mass is 15.3. The van der Waals surface area contributed by atoms with Gasteiger partial charge in [-0.05, 0) is 30.9 Å². The lowest BCUT2D eigenvalue weighted by atomic mass is 10.1. The van der Waals surface area contributed by atoms with Crippen LogP contribution in [0.2, 0.25) is 0 Å². The molecule has 0 amide bonds. The zero-order valence-corrected chi connectivity index (χ0v) is 14.0. The number of nitrogens with zero attached hydrogens (tertiary/aromatic N) is 4. The normalized spacial score (nSPS) is 18.2. The third-order valence-electron chi connectivity index (χ3n) is 4.78. The van der Waals surface area contributed by atoms with E-state index in [0.717, 1.165) is 54.9 Å². The Labute approximate surface area is 142 Å². The molecular formula is C19H23N5. The van der Waals surface area contributed by atoms with Crippen LogP contribution in [0.25, 0.3) is 16.8 Å². The molecule has 24 heavy (non-hydrogen) atoms. The fourth-order valence-corrected chi connectivity index (χ4v) is 3.41. The summed E-state index contributed by atoms with van der Waals surface area (Å²) in [6, 6.07) is 11.0. The van der Waals surface area contributed by atoms with Gasteiger partial charge < -0.3 is 10.6 Å². The van der Waals surface area contributed by atoms with E-state index in [9.17, 15) is 0 Å². The van der Waals surface area contributed by atoms with Crippen LogP contribution in [0.5, 0.6) is 0 Å². The molecule has 1 aliphatic rings. The Kier molecular flexibility index (Phi) is 3.94. The molecular weight excluding hydrogens is 298 g/mol. The third kappa shape index (κ3) is 2.76. The second kappa shape index (κ2) is 6.24. The standard InChI is InChI=1S/C19H23N5/c1-2-14-5-7-15(8-6-14)17-12-18-19(21-9-11-24(18)22-17)23-10-3-4-16(20)13-23/h5-9,11-12,16H,2-4,10,13,20H2,1H3. The van der Waals surface area contributed by atoms with Crippen LogP contribution in [0, 0.1) is 0 Å². The van der Waals surface area contributed by atoms with Crippen molar-refractivity contribution in [2.75, 3.05) is 18.0 Å². The number of piperidine rings is 1. The largest absolute Gasteiger partial charge is 0.353 e. The number of fused-ring (bicyclic) bond motifs is 1. The van der Waals surface area contributed by atoms with Crippen molar-refractivity contribution in [3.8, 4) is 11.3 Å². The Morgan fingerprint density at radius 2 is 2.08 bits per heavy atom. The first-order valence-electron chi connectivity index (χ1n) is 8.69. The van der Waals surface area contributed by atoms with Crippen molar-refractivity contribution in [2.24, 2.45) is 5.73 Å². The average Bonchev–Trinajstić information content (AvgIpc) is 3.06. The lowest BCUT2D eigenvalue weighted by Crippen LogP contribution is -2.43. The molecule has 5 nitrogen and oxygen atoms in total. The molecule has 0 saturated carbocycles. The average molecular weight is 321 g/mol. The number of nitrogens with two attached hydrogens (primary N) is 1. The van der Waals surface area contributed by atoms with Gasteiger partial charge in [0.25, 0.3) is 0 Å². The molecule has 4 rings (SSSR count). The van der Waals surface area contributed by atoms with Crippen LogP contribution >= 0.6 is 0 Å². The predicted octanol–water partition coefficient (Wildman–Crippen LogP) is 2.89. The van der Waals surface area contributed by atoms with Crippen LogP contribution in [-0.4, -0.2) is 33.7 Å². The van der Waals surface area contributed by atoms with Crippen LogP contribution in [-0.2, 0) is 6.42 Å². The number of anilines is 1. The zero-order chi connectivity index (χ0) is 16.5. The number of hydrogen-bond acceptors (Lipinski definition) is 4. The minimum absolute atomic E-state index is 0.227. The minimum Gasteiger partial charge on any atom is -0.353 e. The first-order valence-corrected chi connectivity index (χ1v) is 8.69. The van der Waals surface area contributed by atoms with E-state index in [2.05, 4.69) is 47.1 Å². The van der Waals surface area contributed by atoms with Gasteiger partial charge in [-0.2, -0.15) is 5.10 Å². The summed E-state index contributed by atoms with van der Waals surface area (Å²) in [6.45, 7) is 4.03. The van der Waals surface area contributed by atoms with Gasteiger partial charge in [0.05, 0.1) is 5.69 Å². The highest BCUT2D eigenvalue weighted by Crippen LogP contribution is 2.27. The summed E-state index contributed by atoms with van der Waals surface area (Å²) in [5.41, 5.74) is 10.6. The van der Waals surface area contributed by atoms with Gasteiger partial charge in [-0.1, -0.05) is 31.2 Å². The lowest BCUT2D eigenvalue weighted by molar-refractivity contribution is 0.503. The molecule has 2 N–H and O–H groups in total. The van der Waals surface area contributed by atoms with Gasteiger partial charge in [-0.15, -0.1) is 0 Å². The van der Waals surface area contributed by atoms with E-state index >= 15 is 0 Å². The highest BCUT2D eigenvalue weighted by Gasteiger charge is 2.20. The molecule has 0 radical (unpaired) electrons. The van der Waals surface area contributed by atoms with Crippen molar-refractivity contribution in [2.45, 2.75) is 32.2 Å². The first-order chi connectivity index (χ1) is 11.7. The smallest absolute Gasteiger partial charge is 0.154 e. The number of benzene rings is 1. The molecule has 1 aromatic carbocycles. The van der Waals surface area contributed by atoms with Crippen LogP contribution < -0.4 is 10.6 Å². The van der Waals surface area contributed by atoms with E-state index in [-0.39, 0.29) is 6.04 Å². The zero-order valence-electron chi connectivity index (χ0n) is 14.0. The van der Waals surface area contributed by atoms with Gasteiger partial charge in [0.15, 0.2) is 5.82 Å². The van der Waals surface area contributed by atoms with Crippen molar-refractivity contribution < 1.29 is 0 Å². The second-order valence-corrected chi connectivity index (χ2v) is 6.51. The molecule has 1 aliphatic heterocycles. The molecule has 3 aromatic rings. The quantitative estimate of drug-likeness (QED) is 0.806. The van der Waals surface area contributed by atoms with E-state index in [4.69, 9.17) is 10.8 Å². The fourth-order valence-electron chi connectivity index (χ4n) is 3.41. The van der Waals surface area contributed by atoms with Crippen molar-refractivity contribution >= 4 is 11.3 Å². The third-order valence-corrected chi connectivity index (χ3v) is 4.78. The molecule has 124 valence electrons. The second-order valence-electron chi connectivity index (χ2n) is 6.51. The Morgan fingerprint density at radius 1 is 1.25 bits per heavy atom. The predicted molar refractivity (Wildman–Crippen MR) is 97.2 cm³/mol. The van der Waals surface area contributed by atoms with Gasteiger partial charge in [-0.3, -0.25) is 0 Å². The maximum Gasteiger partial charge on any atom is 0.154 e. The lowest BCUT2D eigenvalue weighted by Gasteiger charge is -2.31. The Balaban J connectivity index is 1.73. The Hall–Kier alpha value is -2.40. The summed E-state index contributed by atoms with van der Waals surface area (Å²) in [7, 11) is 0. The van der Waals surface area contributed by atoms with Gasteiger partial charge in [0, 0.05) is 37.1 Å². The summed E-state index contributed by atoms with van der Waals surface area (Å²) in [5.74, 6) is 0.983. The topological polar surface area (TPSA) is 59.5 Å². The molecule has 2 aromatic heterocycles. The molecule has 1 atom stereocenters. The van der Waals surface area contributed by atoms with E-state index in [1.807, 2.05) is 16.9 Å². The maximum absolute atomic E-state index is 6.14. The van der Waals surface area contributed by atoms with Crippen molar-refractivity contribution in [1.29, 1.82) is 0 Å². The molecule has 5 heteroatoms. The monoisotopic (exact) mass is 321 g/mol. The van der Waals surface area contributed by atoms with E-state index < -0.39 is 0 Å².